The van der Waals surface area contributed by atoms with Gasteiger partial charge < -0.3 is 4.74 Å². The average Bonchev–Trinajstić information content (AvgIpc) is 2.68. The molecule has 0 radical (unpaired) electrons. The molecular formula is C15H20O2. The molecule has 1 heterocycles. The van der Waals surface area contributed by atoms with E-state index in [1.807, 2.05) is 0 Å². The third-order valence-corrected chi connectivity index (χ3v) is 5.19. The number of ether oxygens (including phenoxy) is 1. The van der Waals surface area contributed by atoms with Crippen LogP contribution in [0, 0.1) is 17.3 Å². The summed E-state index contributed by atoms with van der Waals surface area (Å²) >= 11 is 0. The molecule has 0 unspecified atom stereocenters. The summed E-state index contributed by atoms with van der Waals surface area (Å²) in [7, 11) is 0. The van der Waals surface area contributed by atoms with Gasteiger partial charge >= 0.3 is 5.97 Å². The molecule has 2 nitrogen and oxygen atoms in total. The predicted octanol–water partition coefficient (Wildman–Crippen LogP) is 3.24. The monoisotopic (exact) mass is 232 g/mol. The topological polar surface area (TPSA) is 26.3 Å². The summed E-state index contributed by atoms with van der Waals surface area (Å²) in [6.45, 7) is 9.34. The Morgan fingerprint density at radius 1 is 1.41 bits per heavy atom. The Kier molecular flexibility index (Phi) is 2.26. The van der Waals surface area contributed by atoms with Crippen molar-refractivity contribution in [2.24, 2.45) is 17.3 Å². The van der Waals surface area contributed by atoms with Crippen LogP contribution in [0.3, 0.4) is 0 Å². The molecule has 1 saturated carbocycles. The first kappa shape index (κ1) is 11.1. The summed E-state index contributed by atoms with van der Waals surface area (Å²) in [4.78, 5) is 11.9. The molecule has 0 aromatic carbocycles. The lowest BCUT2D eigenvalue weighted by atomic mass is 9.55. The van der Waals surface area contributed by atoms with Gasteiger partial charge in [0, 0.05) is 11.0 Å². The highest BCUT2D eigenvalue weighted by atomic mass is 16.5. The van der Waals surface area contributed by atoms with Crippen LogP contribution in [0.1, 0.15) is 39.5 Å². The van der Waals surface area contributed by atoms with Crippen LogP contribution >= 0.6 is 0 Å². The molecule has 2 aliphatic carbocycles. The molecule has 92 valence electrons. The van der Waals surface area contributed by atoms with Crippen LogP contribution in [-0.4, -0.2) is 12.6 Å². The van der Waals surface area contributed by atoms with Gasteiger partial charge in [0.1, 0.15) is 6.61 Å². The van der Waals surface area contributed by atoms with Gasteiger partial charge in [-0.3, -0.25) is 0 Å². The molecule has 0 saturated heterocycles. The second-order valence-electron chi connectivity index (χ2n) is 6.08. The van der Waals surface area contributed by atoms with Gasteiger partial charge in [-0.25, -0.2) is 4.79 Å². The van der Waals surface area contributed by atoms with Crippen LogP contribution in [0.2, 0.25) is 0 Å². The number of carbonyl (C=O) groups excluding carboxylic acids is 1. The smallest absolute Gasteiger partial charge is 0.334 e. The maximum absolute atomic E-state index is 11.9. The van der Waals surface area contributed by atoms with Crippen molar-refractivity contribution in [2.45, 2.75) is 39.5 Å². The number of hydrogen-bond acceptors (Lipinski definition) is 2. The van der Waals surface area contributed by atoms with E-state index in [1.54, 1.807) is 0 Å². The SMILES string of the molecule is C=C1[C@@H](C)CC[C@@]2(C)C3=C(CC[C@@H]12)COC3=O. The second-order valence-corrected chi connectivity index (χ2v) is 6.08. The first-order valence-electron chi connectivity index (χ1n) is 6.62. The zero-order valence-corrected chi connectivity index (χ0v) is 10.7. The van der Waals surface area contributed by atoms with Crippen LogP contribution in [0.5, 0.6) is 0 Å². The van der Waals surface area contributed by atoms with Crippen molar-refractivity contribution in [3.05, 3.63) is 23.3 Å². The van der Waals surface area contributed by atoms with Crippen molar-refractivity contribution in [1.29, 1.82) is 0 Å². The molecule has 0 aromatic rings. The molecule has 0 N–H and O–H groups in total. The van der Waals surface area contributed by atoms with E-state index < -0.39 is 0 Å². The molecule has 2 heteroatoms. The van der Waals surface area contributed by atoms with E-state index in [-0.39, 0.29) is 11.4 Å². The van der Waals surface area contributed by atoms with Crippen molar-refractivity contribution >= 4 is 5.97 Å². The maximum atomic E-state index is 11.9. The van der Waals surface area contributed by atoms with Crippen LogP contribution < -0.4 is 0 Å². The number of fused-ring (bicyclic) bond motifs is 2. The first-order valence-corrected chi connectivity index (χ1v) is 6.62. The van der Waals surface area contributed by atoms with Crippen molar-refractivity contribution in [3.63, 3.8) is 0 Å². The van der Waals surface area contributed by atoms with Crippen molar-refractivity contribution < 1.29 is 9.53 Å². The first-order chi connectivity index (χ1) is 8.04. The number of esters is 1. The lowest BCUT2D eigenvalue weighted by Gasteiger charge is -2.48. The highest BCUT2D eigenvalue weighted by Crippen LogP contribution is 2.57. The lowest BCUT2D eigenvalue weighted by molar-refractivity contribution is -0.137. The molecule has 17 heavy (non-hydrogen) atoms. The van der Waals surface area contributed by atoms with Gasteiger partial charge in [0.15, 0.2) is 0 Å². The Labute approximate surface area is 103 Å². The molecule has 0 amide bonds. The third kappa shape index (κ3) is 1.36. The van der Waals surface area contributed by atoms with Gasteiger partial charge in [0.2, 0.25) is 0 Å². The fourth-order valence-corrected chi connectivity index (χ4v) is 4.03. The Balaban J connectivity index is 2.06. The highest BCUT2D eigenvalue weighted by Gasteiger charge is 2.51. The largest absolute Gasteiger partial charge is 0.458 e. The Morgan fingerprint density at radius 3 is 2.94 bits per heavy atom. The molecular weight excluding hydrogens is 212 g/mol. The minimum absolute atomic E-state index is 0.00472. The number of cyclic esters (lactones) is 1. The van der Waals surface area contributed by atoms with Crippen LogP contribution in [0.25, 0.3) is 0 Å². The molecule has 0 aromatic heterocycles. The Bertz CT molecular complexity index is 432. The van der Waals surface area contributed by atoms with E-state index in [1.165, 1.54) is 11.1 Å². The van der Waals surface area contributed by atoms with E-state index in [0.717, 1.165) is 31.3 Å². The predicted molar refractivity (Wildman–Crippen MR) is 66.4 cm³/mol. The minimum atomic E-state index is -0.0606. The number of allylic oxidation sites excluding steroid dienone is 1. The average molecular weight is 232 g/mol. The standard InChI is InChI=1S/C15H20O2/c1-9-6-7-15(3)12(10(9)2)5-4-11-8-17-14(16)13(11)15/h9,12H,2,4-8H2,1,3H3/t9-,12-,15+/m0/s1. The second kappa shape index (κ2) is 3.47. The van der Waals surface area contributed by atoms with Crippen molar-refractivity contribution in [3.8, 4) is 0 Å². The number of rotatable bonds is 0. The molecule has 3 rings (SSSR count). The van der Waals surface area contributed by atoms with E-state index in [2.05, 4.69) is 20.4 Å². The van der Waals surface area contributed by atoms with E-state index >= 15 is 0 Å². The minimum Gasteiger partial charge on any atom is -0.458 e. The van der Waals surface area contributed by atoms with E-state index in [0.29, 0.717) is 18.4 Å². The summed E-state index contributed by atoms with van der Waals surface area (Å²) < 4.78 is 5.23. The lowest BCUT2D eigenvalue weighted by Crippen LogP contribution is -2.41. The fraction of sp³-hybridized carbons (Fsp3) is 0.667. The molecule has 0 bridgehead atoms. The number of carbonyl (C=O) groups is 1. The van der Waals surface area contributed by atoms with Crippen molar-refractivity contribution in [1.82, 2.24) is 0 Å². The summed E-state index contributed by atoms with van der Waals surface area (Å²) in [5.41, 5.74) is 3.62. The highest BCUT2D eigenvalue weighted by molar-refractivity contribution is 5.93. The van der Waals surface area contributed by atoms with E-state index in [9.17, 15) is 4.79 Å². The summed E-state index contributed by atoms with van der Waals surface area (Å²) in [5, 5.41) is 0. The van der Waals surface area contributed by atoms with Crippen LogP contribution in [-0.2, 0) is 9.53 Å². The Morgan fingerprint density at radius 2 is 2.18 bits per heavy atom. The quantitative estimate of drug-likeness (QED) is 0.473. The van der Waals surface area contributed by atoms with Gasteiger partial charge in [0.25, 0.3) is 0 Å². The number of hydrogen-bond donors (Lipinski definition) is 0. The van der Waals surface area contributed by atoms with E-state index in [4.69, 9.17) is 4.74 Å². The zero-order valence-electron chi connectivity index (χ0n) is 10.7. The van der Waals surface area contributed by atoms with Gasteiger partial charge in [0.05, 0.1) is 0 Å². The van der Waals surface area contributed by atoms with Crippen LogP contribution in [0.15, 0.2) is 23.3 Å². The zero-order chi connectivity index (χ0) is 12.2. The summed E-state index contributed by atoms with van der Waals surface area (Å²) in [6, 6.07) is 0. The van der Waals surface area contributed by atoms with Crippen LogP contribution in [0.4, 0.5) is 0 Å². The molecule has 3 atom stereocenters. The Hall–Kier alpha value is -1.05. The normalized spacial score (nSPS) is 41.1. The summed E-state index contributed by atoms with van der Waals surface area (Å²) in [5.74, 6) is 1.03. The molecule has 3 aliphatic rings. The van der Waals surface area contributed by atoms with Gasteiger partial charge in [-0.15, -0.1) is 0 Å². The third-order valence-electron chi connectivity index (χ3n) is 5.19. The molecule has 0 spiro atoms. The fourth-order valence-electron chi connectivity index (χ4n) is 4.03. The maximum Gasteiger partial charge on any atom is 0.334 e. The van der Waals surface area contributed by atoms with Gasteiger partial charge in [-0.2, -0.15) is 0 Å². The van der Waals surface area contributed by atoms with Gasteiger partial charge in [-0.05, 0) is 43.1 Å². The molecule has 1 fully saturated rings. The van der Waals surface area contributed by atoms with Gasteiger partial charge in [-0.1, -0.05) is 26.0 Å². The molecule has 1 aliphatic heterocycles. The van der Waals surface area contributed by atoms with Crippen molar-refractivity contribution in [2.75, 3.05) is 6.61 Å². The summed E-state index contributed by atoms with van der Waals surface area (Å²) in [6.07, 6.45) is 4.42.